The van der Waals surface area contributed by atoms with Crippen molar-refractivity contribution in [3.63, 3.8) is 0 Å². The number of halogens is 1. The summed E-state index contributed by atoms with van der Waals surface area (Å²) in [6.45, 7) is 3.66. The Morgan fingerprint density at radius 3 is 2.78 bits per heavy atom. The first-order chi connectivity index (χ1) is 10.7. The molecular formula is C17H22ClN3OS. The quantitative estimate of drug-likeness (QED) is 0.870. The highest BCUT2D eigenvalue weighted by atomic mass is 35.5. The van der Waals surface area contributed by atoms with Crippen LogP contribution in [0.3, 0.4) is 0 Å². The minimum Gasteiger partial charge on any atom is -0.354 e. The normalized spacial score (nSPS) is 16.8. The minimum atomic E-state index is 0. The molecule has 0 saturated carbocycles. The summed E-state index contributed by atoms with van der Waals surface area (Å²) < 4.78 is 0. The Bertz CT molecular complexity index is 636. The lowest BCUT2D eigenvalue weighted by molar-refractivity contribution is -0.122. The van der Waals surface area contributed by atoms with Gasteiger partial charge in [0.05, 0.1) is 16.7 Å². The second-order valence-corrected chi connectivity index (χ2v) is 6.70. The maximum atomic E-state index is 11.9. The van der Waals surface area contributed by atoms with Crippen LogP contribution in [0.15, 0.2) is 29.6 Å². The Labute approximate surface area is 147 Å². The molecule has 1 saturated heterocycles. The molecule has 23 heavy (non-hydrogen) atoms. The summed E-state index contributed by atoms with van der Waals surface area (Å²) in [5, 5.41) is 9.39. The van der Waals surface area contributed by atoms with Crippen LogP contribution in [-0.2, 0) is 11.2 Å². The molecule has 2 N–H and O–H groups in total. The number of benzene rings is 1. The van der Waals surface area contributed by atoms with Crippen molar-refractivity contribution in [2.24, 2.45) is 0 Å². The highest BCUT2D eigenvalue weighted by Gasteiger charge is 2.21. The van der Waals surface area contributed by atoms with Crippen LogP contribution in [0.1, 0.15) is 23.4 Å². The number of nitrogens with zero attached hydrogens (tertiary/aromatic N) is 1. The summed E-state index contributed by atoms with van der Waals surface area (Å²) in [4.78, 5) is 16.4. The van der Waals surface area contributed by atoms with E-state index in [2.05, 4.69) is 45.3 Å². The zero-order valence-electron chi connectivity index (χ0n) is 13.2. The third-order valence-corrected chi connectivity index (χ3v) is 4.73. The average molecular weight is 352 g/mol. The Balaban J connectivity index is 0.00000192. The summed E-state index contributed by atoms with van der Waals surface area (Å²) in [5.74, 6) is 0.132. The van der Waals surface area contributed by atoms with Crippen molar-refractivity contribution >= 4 is 29.7 Å². The molecule has 2 aromatic rings. The number of carbonyl (C=O) groups is 1. The average Bonchev–Trinajstić information content (AvgIpc) is 3.19. The lowest BCUT2D eigenvalue weighted by atomic mass is 10.1. The van der Waals surface area contributed by atoms with Gasteiger partial charge < -0.3 is 10.6 Å². The molecule has 3 rings (SSSR count). The molecule has 1 fully saturated rings. The van der Waals surface area contributed by atoms with Crippen LogP contribution in [0.25, 0.3) is 11.3 Å². The summed E-state index contributed by atoms with van der Waals surface area (Å²) in [6, 6.07) is 8.44. The molecule has 1 aliphatic rings. The molecular weight excluding hydrogens is 330 g/mol. The topological polar surface area (TPSA) is 54.0 Å². The molecule has 0 aliphatic carbocycles. The Kier molecular flexibility index (Phi) is 6.57. The van der Waals surface area contributed by atoms with Gasteiger partial charge in [0.2, 0.25) is 5.91 Å². The minimum absolute atomic E-state index is 0. The summed E-state index contributed by atoms with van der Waals surface area (Å²) >= 11 is 1.67. The van der Waals surface area contributed by atoms with Gasteiger partial charge in [-0.2, -0.15) is 0 Å². The molecule has 1 aromatic carbocycles. The van der Waals surface area contributed by atoms with Gasteiger partial charge in [-0.05, 0) is 38.3 Å². The lowest BCUT2D eigenvalue weighted by Crippen LogP contribution is -2.41. The van der Waals surface area contributed by atoms with Crippen LogP contribution in [0.4, 0.5) is 0 Å². The SMILES string of the molecule is Cc1nc(-c2ccc(CCNC(=O)C3CCCN3)cc2)cs1.Cl. The predicted molar refractivity (Wildman–Crippen MR) is 97.3 cm³/mol. The molecule has 1 unspecified atom stereocenters. The fraction of sp³-hybridized carbons (Fsp3) is 0.412. The maximum Gasteiger partial charge on any atom is 0.237 e. The largest absolute Gasteiger partial charge is 0.354 e. The number of aromatic nitrogens is 1. The number of hydrogen-bond acceptors (Lipinski definition) is 4. The van der Waals surface area contributed by atoms with Crippen molar-refractivity contribution < 1.29 is 4.79 Å². The van der Waals surface area contributed by atoms with E-state index in [0.29, 0.717) is 6.54 Å². The van der Waals surface area contributed by atoms with Crippen molar-refractivity contribution in [3.05, 3.63) is 40.2 Å². The zero-order chi connectivity index (χ0) is 15.4. The van der Waals surface area contributed by atoms with Crippen molar-refractivity contribution in [2.75, 3.05) is 13.1 Å². The van der Waals surface area contributed by atoms with Gasteiger partial charge in [-0.1, -0.05) is 24.3 Å². The summed E-state index contributed by atoms with van der Waals surface area (Å²) in [7, 11) is 0. The van der Waals surface area contributed by atoms with Gasteiger partial charge >= 0.3 is 0 Å². The number of nitrogens with one attached hydrogen (secondary N) is 2. The van der Waals surface area contributed by atoms with E-state index in [9.17, 15) is 4.79 Å². The van der Waals surface area contributed by atoms with Crippen LogP contribution >= 0.6 is 23.7 Å². The van der Waals surface area contributed by atoms with Crippen molar-refractivity contribution in [2.45, 2.75) is 32.2 Å². The number of amides is 1. The third kappa shape index (κ3) is 4.77. The van der Waals surface area contributed by atoms with Crippen LogP contribution in [0.5, 0.6) is 0 Å². The Morgan fingerprint density at radius 1 is 1.39 bits per heavy atom. The van der Waals surface area contributed by atoms with Gasteiger partial charge in [0.1, 0.15) is 0 Å². The first kappa shape index (κ1) is 17.9. The van der Waals surface area contributed by atoms with E-state index in [1.807, 2.05) is 6.92 Å². The molecule has 6 heteroatoms. The van der Waals surface area contributed by atoms with Crippen LogP contribution in [0.2, 0.25) is 0 Å². The zero-order valence-corrected chi connectivity index (χ0v) is 14.8. The number of hydrogen-bond donors (Lipinski definition) is 2. The third-order valence-electron chi connectivity index (χ3n) is 3.96. The number of thiazole rings is 1. The van der Waals surface area contributed by atoms with E-state index in [1.54, 1.807) is 11.3 Å². The van der Waals surface area contributed by atoms with Crippen molar-refractivity contribution in [3.8, 4) is 11.3 Å². The van der Waals surface area contributed by atoms with E-state index >= 15 is 0 Å². The molecule has 0 radical (unpaired) electrons. The molecule has 1 amide bonds. The molecule has 1 aromatic heterocycles. The van der Waals surface area contributed by atoms with Gasteiger partial charge in [-0.25, -0.2) is 4.98 Å². The standard InChI is InChI=1S/C17H21N3OS.ClH/c1-12-20-16(11-22-12)14-6-4-13(5-7-14)8-10-19-17(21)15-3-2-9-18-15;/h4-7,11,15,18H,2-3,8-10H2,1H3,(H,19,21);1H. The van der Waals surface area contributed by atoms with Crippen molar-refractivity contribution in [1.82, 2.24) is 15.6 Å². The fourth-order valence-corrected chi connectivity index (χ4v) is 3.32. The number of carbonyl (C=O) groups excluding carboxylic acids is 1. The van der Waals surface area contributed by atoms with Crippen LogP contribution in [-0.4, -0.2) is 30.0 Å². The van der Waals surface area contributed by atoms with E-state index in [1.165, 1.54) is 5.56 Å². The second kappa shape index (κ2) is 8.43. The lowest BCUT2D eigenvalue weighted by Gasteiger charge is -2.11. The number of aryl methyl sites for hydroxylation is 1. The van der Waals surface area contributed by atoms with E-state index in [4.69, 9.17) is 0 Å². The number of rotatable bonds is 5. The van der Waals surface area contributed by atoms with Gasteiger partial charge in [0.25, 0.3) is 0 Å². The van der Waals surface area contributed by atoms with E-state index in [0.717, 1.165) is 42.1 Å². The Hall–Kier alpha value is -1.43. The van der Waals surface area contributed by atoms with E-state index < -0.39 is 0 Å². The summed E-state index contributed by atoms with van der Waals surface area (Å²) in [5.41, 5.74) is 3.41. The molecule has 0 bridgehead atoms. The molecule has 0 spiro atoms. The fourth-order valence-electron chi connectivity index (χ4n) is 2.70. The Morgan fingerprint density at radius 2 is 2.17 bits per heavy atom. The highest BCUT2D eigenvalue weighted by Crippen LogP contribution is 2.21. The first-order valence-electron chi connectivity index (χ1n) is 7.75. The van der Waals surface area contributed by atoms with Crippen LogP contribution in [0, 0.1) is 6.92 Å². The highest BCUT2D eigenvalue weighted by molar-refractivity contribution is 7.09. The van der Waals surface area contributed by atoms with E-state index in [-0.39, 0.29) is 24.4 Å². The molecule has 4 nitrogen and oxygen atoms in total. The van der Waals surface area contributed by atoms with Gasteiger partial charge in [-0.15, -0.1) is 23.7 Å². The molecule has 1 atom stereocenters. The molecule has 1 aliphatic heterocycles. The second-order valence-electron chi connectivity index (χ2n) is 5.64. The van der Waals surface area contributed by atoms with Gasteiger partial charge in [-0.3, -0.25) is 4.79 Å². The predicted octanol–water partition coefficient (Wildman–Crippen LogP) is 2.95. The van der Waals surface area contributed by atoms with Crippen LogP contribution < -0.4 is 10.6 Å². The first-order valence-corrected chi connectivity index (χ1v) is 8.63. The summed E-state index contributed by atoms with van der Waals surface area (Å²) in [6.07, 6.45) is 2.90. The van der Waals surface area contributed by atoms with Crippen molar-refractivity contribution in [1.29, 1.82) is 0 Å². The smallest absolute Gasteiger partial charge is 0.237 e. The maximum absolute atomic E-state index is 11.9. The van der Waals surface area contributed by atoms with Gasteiger partial charge in [0, 0.05) is 17.5 Å². The molecule has 124 valence electrons. The van der Waals surface area contributed by atoms with Gasteiger partial charge in [0.15, 0.2) is 0 Å². The molecule has 2 heterocycles. The monoisotopic (exact) mass is 351 g/mol.